The number of ether oxygens (including phenoxy) is 1. The summed E-state index contributed by atoms with van der Waals surface area (Å²) >= 11 is 0. The Kier molecular flexibility index (Phi) is 4.58. The number of halogens is 3. The van der Waals surface area contributed by atoms with E-state index in [1.165, 1.54) is 7.11 Å². The molecule has 0 bridgehead atoms. The van der Waals surface area contributed by atoms with Crippen molar-refractivity contribution in [2.75, 3.05) is 13.7 Å². The van der Waals surface area contributed by atoms with Crippen LogP contribution in [0.4, 0.5) is 13.2 Å². The molecule has 0 saturated heterocycles. The average molecular weight is 239 g/mol. The number of carbonyl (C=O) groups is 1. The minimum absolute atomic E-state index is 0.0425. The van der Waals surface area contributed by atoms with Crippen molar-refractivity contribution in [2.24, 2.45) is 5.92 Å². The minimum atomic E-state index is -4.10. The quantitative estimate of drug-likeness (QED) is 0.816. The van der Waals surface area contributed by atoms with Crippen LogP contribution in [0.15, 0.2) is 0 Å². The van der Waals surface area contributed by atoms with Crippen molar-refractivity contribution >= 4 is 5.91 Å². The summed E-state index contributed by atoms with van der Waals surface area (Å²) in [6.45, 7) is -0.0425. The third kappa shape index (κ3) is 4.00. The molecule has 0 spiro atoms. The lowest BCUT2D eigenvalue weighted by Gasteiger charge is -2.30. The van der Waals surface area contributed by atoms with Crippen LogP contribution in [0.3, 0.4) is 0 Å². The van der Waals surface area contributed by atoms with E-state index < -0.39 is 12.1 Å². The maximum atomic E-state index is 12.3. The summed E-state index contributed by atoms with van der Waals surface area (Å²) in [5.74, 6) is -1.47. The summed E-state index contributed by atoms with van der Waals surface area (Å²) in [6.07, 6.45) is -3.12. The molecule has 1 aliphatic rings. The van der Waals surface area contributed by atoms with Gasteiger partial charge in [-0.3, -0.25) is 4.79 Å². The Bertz CT molecular complexity index is 235. The number of amides is 1. The minimum Gasteiger partial charge on any atom is -0.375 e. The van der Waals surface area contributed by atoms with Gasteiger partial charge in [0.2, 0.25) is 5.91 Å². The molecule has 1 aliphatic carbocycles. The van der Waals surface area contributed by atoms with Crippen molar-refractivity contribution in [3.8, 4) is 0 Å². The topological polar surface area (TPSA) is 38.3 Å². The van der Waals surface area contributed by atoms with Gasteiger partial charge in [0.15, 0.2) is 0 Å². The molecule has 6 heteroatoms. The van der Waals surface area contributed by atoms with Crippen LogP contribution in [0.2, 0.25) is 0 Å². The maximum absolute atomic E-state index is 12.3. The first-order valence-corrected chi connectivity index (χ1v) is 5.28. The molecule has 0 radical (unpaired) electrons. The van der Waals surface area contributed by atoms with Gasteiger partial charge in [-0.05, 0) is 25.7 Å². The molecule has 1 amide bonds. The standard InChI is InChI=1S/C10H16F3NO2/c1-16-6-9(15)14-8-4-2-7(3-5-8)10(11,12)13/h7-8H,2-6H2,1H3,(H,14,15). The fourth-order valence-electron chi connectivity index (χ4n) is 1.97. The third-order valence-electron chi connectivity index (χ3n) is 2.83. The molecule has 0 unspecified atom stereocenters. The zero-order valence-electron chi connectivity index (χ0n) is 9.14. The largest absolute Gasteiger partial charge is 0.391 e. The zero-order valence-corrected chi connectivity index (χ0v) is 9.14. The Balaban J connectivity index is 2.30. The van der Waals surface area contributed by atoms with Gasteiger partial charge in [0.05, 0.1) is 5.92 Å². The van der Waals surface area contributed by atoms with Crippen LogP contribution >= 0.6 is 0 Å². The summed E-state index contributed by atoms with van der Waals surface area (Å²) in [7, 11) is 1.40. The van der Waals surface area contributed by atoms with Crippen LogP contribution in [0, 0.1) is 5.92 Å². The molecule has 1 fully saturated rings. The van der Waals surface area contributed by atoms with E-state index in [9.17, 15) is 18.0 Å². The van der Waals surface area contributed by atoms with E-state index in [1.807, 2.05) is 0 Å². The smallest absolute Gasteiger partial charge is 0.375 e. The molecule has 3 nitrogen and oxygen atoms in total. The first-order valence-electron chi connectivity index (χ1n) is 5.28. The molecular formula is C10H16F3NO2. The molecule has 0 heterocycles. The molecule has 0 atom stereocenters. The highest BCUT2D eigenvalue weighted by Crippen LogP contribution is 2.37. The van der Waals surface area contributed by atoms with Crippen LogP contribution in [-0.4, -0.2) is 31.8 Å². The summed E-state index contributed by atoms with van der Waals surface area (Å²) < 4.78 is 41.7. The van der Waals surface area contributed by atoms with Crippen LogP contribution in [-0.2, 0) is 9.53 Å². The Morgan fingerprint density at radius 2 is 1.88 bits per heavy atom. The van der Waals surface area contributed by atoms with Crippen LogP contribution < -0.4 is 5.32 Å². The van der Waals surface area contributed by atoms with Crippen molar-refractivity contribution in [1.29, 1.82) is 0 Å². The van der Waals surface area contributed by atoms with Gasteiger partial charge < -0.3 is 10.1 Å². The molecule has 1 saturated carbocycles. The normalized spacial score (nSPS) is 26.5. The number of carbonyl (C=O) groups excluding carboxylic acids is 1. The van der Waals surface area contributed by atoms with Crippen molar-refractivity contribution in [3.05, 3.63) is 0 Å². The van der Waals surface area contributed by atoms with Gasteiger partial charge in [0.25, 0.3) is 0 Å². The molecule has 0 aliphatic heterocycles. The highest BCUT2D eigenvalue weighted by Gasteiger charge is 2.41. The lowest BCUT2D eigenvalue weighted by molar-refractivity contribution is -0.182. The highest BCUT2D eigenvalue weighted by atomic mass is 19.4. The van der Waals surface area contributed by atoms with E-state index in [4.69, 9.17) is 0 Å². The fourth-order valence-corrected chi connectivity index (χ4v) is 1.97. The van der Waals surface area contributed by atoms with Gasteiger partial charge in [-0.25, -0.2) is 0 Å². The SMILES string of the molecule is COCC(=O)NC1CCC(C(F)(F)F)CC1. The number of alkyl halides is 3. The number of rotatable bonds is 3. The van der Waals surface area contributed by atoms with Crippen molar-refractivity contribution in [1.82, 2.24) is 5.32 Å². The van der Waals surface area contributed by atoms with E-state index in [2.05, 4.69) is 10.1 Å². The molecule has 94 valence electrons. The molecule has 16 heavy (non-hydrogen) atoms. The summed E-state index contributed by atoms with van der Waals surface area (Å²) in [6, 6.07) is -0.138. The second-order valence-corrected chi connectivity index (χ2v) is 4.09. The lowest BCUT2D eigenvalue weighted by Crippen LogP contribution is -2.41. The Morgan fingerprint density at radius 3 is 2.31 bits per heavy atom. The average Bonchev–Trinajstić information content (AvgIpc) is 2.17. The molecule has 0 aromatic rings. The van der Waals surface area contributed by atoms with Gasteiger partial charge in [-0.1, -0.05) is 0 Å². The molecule has 1 rings (SSSR count). The Labute approximate surface area is 92.3 Å². The van der Waals surface area contributed by atoms with E-state index in [1.54, 1.807) is 0 Å². The van der Waals surface area contributed by atoms with Crippen molar-refractivity contribution in [2.45, 2.75) is 37.9 Å². The number of hydrogen-bond acceptors (Lipinski definition) is 2. The van der Waals surface area contributed by atoms with Crippen LogP contribution in [0.1, 0.15) is 25.7 Å². The van der Waals surface area contributed by atoms with E-state index in [0.29, 0.717) is 12.8 Å². The van der Waals surface area contributed by atoms with Gasteiger partial charge in [-0.2, -0.15) is 13.2 Å². The van der Waals surface area contributed by atoms with Gasteiger partial charge in [0.1, 0.15) is 6.61 Å². The lowest BCUT2D eigenvalue weighted by atomic mass is 9.85. The first-order chi connectivity index (χ1) is 7.43. The molecule has 1 N–H and O–H groups in total. The van der Waals surface area contributed by atoms with Gasteiger partial charge >= 0.3 is 6.18 Å². The first kappa shape index (κ1) is 13.3. The predicted octanol–water partition coefficient (Wildman–Crippen LogP) is 1.87. The number of nitrogens with one attached hydrogen (secondary N) is 1. The monoisotopic (exact) mass is 239 g/mol. The van der Waals surface area contributed by atoms with Crippen LogP contribution in [0.5, 0.6) is 0 Å². The molecule has 0 aromatic carbocycles. The fraction of sp³-hybridized carbons (Fsp3) is 0.900. The molecular weight excluding hydrogens is 223 g/mol. The number of methoxy groups -OCH3 is 1. The van der Waals surface area contributed by atoms with Crippen molar-refractivity contribution in [3.63, 3.8) is 0 Å². The predicted molar refractivity (Wildman–Crippen MR) is 51.8 cm³/mol. The summed E-state index contributed by atoms with van der Waals surface area (Å²) in [5.41, 5.74) is 0. The Hall–Kier alpha value is -0.780. The van der Waals surface area contributed by atoms with E-state index >= 15 is 0 Å². The number of hydrogen-bond donors (Lipinski definition) is 1. The summed E-state index contributed by atoms with van der Waals surface area (Å²) in [5, 5.41) is 2.66. The van der Waals surface area contributed by atoms with Crippen molar-refractivity contribution < 1.29 is 22.7 Å². The van der Waals surface area contributed by atoms with E-state index in [0.717, 1.165) is 0 Å². The second-order valence-electron chi connectivity index (χ2n) is 4.09. The van der Waals surface area contributed by atoms with Gasteiger partial charge in [-0.15, -0.1) is 0 Å². The van der Waals surface area contributed by atoms with E-state index in [-0.39, 0.29) is 31.4 Å². The van der Waals surface area contributed by atoms with Gasteiger partial charge in [0, 0.05) is 13.2 Å². The third-order valence-corrected chi connectivity index (χ3v) is 2.83. The van der Waals surface area contributed by atoms with Crippen LogP contribution in [0.25, 0.3) is 0 Å². The second kappa shape index (κ2) is 5.52. The Morgan fingerprint density at radius 1 is 1.31 bits per heavy atom. The molecule has 0 aromatic heterocycles. The summed E-state index contributed by atoms with van der Waals surface area (Å²) in [4.78, 5) is 11.1. The highest BCUT2D eigenvalue weighted by molar-refractivity contribution is 5.77. The zero-order chi connectivity index (χ0) is 12.2. The maximum Gasteiger partial charge on any atom is 0.391 e.